The molecule has 0 amide bonds. The van der Waals surface area contributed by atoms with Crippen LogP contribution in [0.15, 0.2) is 53.7 Å². The number of guanidine groups is 1. The van der Waals surface area contributed by atoms with E-state index in [9.17, 15) is 13.2 Å². The van der Waals surface area contributed by atoms with E-state index in [1.807, 2.05) is 30.3 Å². The van der Waals surface area contributed by atoms with Crippen molar-refractivity contribution in [1.82, 2.24) is 15.2 Å². The summed E-state index contributed by atoms with van der Waals surface area (Å²) in [5, 5.41) is 3.20. The summed E-state index contributed by atoms with van der Waals surface area (Å²) in [6.45, 7) is 1.79. The second-order valence-electron chi connectivity index (χ2n) is 7.37. The van der Waals surface area contributed by atoms with Crippen molar-refractivity contribution in [2.75, 3.05) is 33.4 Å². The number of alkyl halides is 3. The van der Waals surface area contributed by atoms with Crippen molar-refractivity contribution in [3.8, 4) is 5.88 Å². The molecule has 0 aliphatic carbocycles. The minimum Gasteiger partial charge on any atom is -0.468 e. The van der Waals surface area contributed by atoms with E-state index in [0.29, 0.717) is 30.7 Å². The number of ether oxygens (including phenoxy) is 2. The predicted octanol–water partition coefficient (Wildman–Crippen LogP) is 3.64. The van der Waals surface area contributed by atoms with Gasteiger partial charge in [-0.3, -0.25) is 4.99 Å². The summed E-state index contributed by atoms with van der Waals surface area (Å²) in [4.78, 5) is 10.4. The van der Waals surface area contributed by atoms with Crippen LogP contribution < -0.4 is 10.1 Å². The third-order valence-electron chi connectivity index (χ3n) is 4.92. The molecule has 2 heterocycles. The van der Waals surface area contributed by atoms with E-state index in [4.69, 9.17) is 9.47 Å². The maximum absolute atomic E-state index is 12.5. The van der Waals surface area contributed by atoms with Gasteiger partial charge >= 0.3 is 6.18 Å². The first-order valence-electron chi connectivity index (χ1n) is 10.2. The molecule has 1 fully saturated rings. The van der Waals surface area contributed by atoms with Crippen LogP contribution in [0.25, 0.3) is 0 Å². The summed E-state index contributed by atoms with van der Waals surface area (Å²) >= 11 is 0. The monoisotopic (exact) mass is 436 g/mol. The fourth-order valence-electron chi connectivity index (χ4n) is 3.42. The van der Waals surface area contributed by atoms with E-state index in [2.05, 4.69) is 20.2 Å². The van der Waals surface area contributed by atoms with Gasteiger partial charge in [-0.25, -0.2) is 4.98 Å². The van der Waals surface area contributed by atoms with Crippen molar-refractivity contribution in [3.05, 3.63) is 59.8 Å². The number of pyridine rings is 1. The number of benzene rings is 1. The quantitative estimate of drug-likeness (QED) is 0.506. The molecular weight excluding hydrogens is 409 g/mol. The first-order chi connectivity index (χ1) is 14.9. The van der Waals surface area contributed by atoms with Gasteiger partial charge < -0.3 is 19.7 Å². The Kier molecular flexibility index (Phi) is 8.11. The minimum absolute atomic E-state index is 0.0311. The highest BCUT2D eigenvalue weighted by molar-refractivity contribution is 5.80. The number of halogens is 3. The molecule has 1 aromatic carbocycles. The van der Waals surface area contributed by atoms with Crippen molar-refractivity contribution in [1.29, 1.82) is 0 Å². The Balaban J connectivity index is 1.46. The van der Waals surface area contributed by atoms with E-state index >= 15 is 0 Å². The van der Waals surface area contributed by atoms with Crippen LogP contribution in [-0.4, -0.2) is 55.4 Å². The maximum atomic E-state index is 12.5. The standard InChI is InChI=1S/C22H27F3N4O2/c1-26-21(28-12-19-8-5-10-27-20(19)31-16-22(23,24)25)29-11-9-18(13-29)15-30-14-17-6-3-2-4-7-17/h2-8,10,18H,9,11-16H2,1H3,(H,26,28). The Hall–Kier alpha value is -2.81. The van der Waals surface area contributed by atoms with Gasteiger partial charge in [0.15, 0.2) is 12.6 Å². The lowest BCUT2D eigenvalue weighted by molar-refractivity contribution is -0.154. The summed E-state index contributed by atoms with van der Waals surface area (Å²) in [6, 6.07) is 13.4. The van der Waals surface area contributed by atoms with Crippen molar-refractivity contribution in [2.24, 2.45) is 10.9 Å². The molecule has 1 aliphatic heterocycles. The summed E-state index contributed by atoms with van der Waals surface area (Å²) in [5.74, 6) is 1.05. The van der Waals surface area contributed by atoms with Gasteiger partial charge in [-0.2, -0.15) is 13.2 Å². The van der Waals surface area contributed by atoms with Gasteiger partial charge in [-0.05, 0) is 18.1 Å². The zero-order chi connectivity index (χ0) is 22.1. The van der Waals surface area contributed by atoms with Crippen LogP contribution in [0.5, 0.6) is 5.88 Å². The van der Waals surface area contributed by atoms with Gasteiger partial charge in [0, 0.05) is 44.4 Å². The number of nitrogens with one attached hydrogen (secondary N) is 1. The Morgan fingerprint density at radius 3 is 2.77 bits per heavy atom. The van der Waals surface area contributed by atoms with Crippen LogP contribution in [-0.2, 0) is 17.9 Å². The smallest absolute Gasteiger partial charge is 0.422 e. The van der Waals surface area contributed by atoms with Gasteiger partial charge in [-0.15, -0.1) is 0 Å². The molecule has 0 radical (unpaired) electrons. The van der Waals surface area contributed by atoms with E-state index in [1.54, 1.807) is 19.2 Å². The Labute approximate surface area is 180 Å². The summed E-state index contributed by atoms with van der Waals surface area (Å²) in [6.07, 6.45) is -2.02. The highest BCUT2D eigenvalue weighted by Crippen LogP contribution is 2.21. The molecule has 168 valence electrons. The molecule has 1 unspecified atom stereocenters. The normalized spacial score (nSPS) is 17.1. The lowest BCUT2D eigenvalue weighted by Crippen LogP contribution is -2.40. The SMILES string of the molecule is CN=C(NCc1cccnc1OCC(F)(F)F)N1CCC(COCc2ccccc2)C1. The predicted molar refractivity (Wildman–Crippen MR) is 112 cm³/mol. The highest BCUT2D eigenvalue weighted by atomic mass is 19.4. The molecule has 1 saturated heterocycles. The van der Waals surface area contributed by atoms with Gasteiger partial charge in [0.1, 0.15) is 0 Å². The number of hydrogen-bond donors (Lipinski definition) is 1. The Morgan fingerprint density at radius 2 is 2.03 bits per heavy atom. The number of hydrogen-bond acceptors (Lipinski definition) is 4. The maximum Gasteiger partial charge on any atom is 0.422 e. The minimum atomic E-state index is -4.41. The van der Waals surface area contributed by atoms with Gasteiger partial charge in [-0.1, -0.05) is 36.4 Å². The van der Waals surface area contributed by atoms with Crippen LogP contribution in [0.2, 0.25) is 0 Å². The van der Waals surface area contributed by atoms with Crippen LogP contribution in [0.1, 0.15) is 17.5 Å². The molecule has 3 rings (SSSR count). The fourth-order valence-corrected chi connectivity index (χ4v) is 3.42. The second kappa shape index (κ2) is 11.0. The van der Waals surface area contributed by atoms with Gasteiger partial charge in [0.2, 0.25) is 5.88 Å². The lowest BCUT2D eigenvalue weighted by Gasteiger charge is -2.22. The molecule has 1 atom stereocenters. The molecule has 2 aromatic rings. The topological polar surface area (TPSA) is 59.0 Å². The lowest BCUT2D eigenvalue weighted by atomic mass is 10.1. The molecule has 1 aliphatic rings. The van der Waals surface area contributed by atoms with Gasteiger partial charge in [0.05, 0.1) is 13.2 Å². The van der Waals surface area contributed by atoms with E-state index in [-0.39, 0.29) is 12.4 Å². The molecule has 1 N–H and O–H groups in total. The van der Waals surface area contributed by atoms with Crippen LogP contribution >= 0.6 is 0 Å². The van der Waals surface area contributed by atoms with Crippen LogP contribution in [0, 0.1) is 5.92 Å². The Bertz CT molecular complexity index is 846. The third kappa shape index (κ3) is 7.43. The molecular formula is C22H27F3N4O2. The highest BCUT2D eigenvalue weighted by Gasteiger charge is 2.29. The van der Waals surface area contributed by atoms with E-state index in [0.717, 1.165) is 25.1 Å². The zero-order valence-corrected chi connectivity index (χ0v) is 17.4. The molecule has 6 nitrogen and oxygen atoms in total. The molecule has 31 heavy (non-hydrogen) atoms. The average molecular weight is 436 g/mol. The number of likely N-dealkylation sites (tertiary alicyclic amines) is 1. The fraction of sp³-hybridized carbons (Fsp3) is 0.455. The Morgan fingerprint density at radius 1 is 1.23 bits per heavy atom. The molecule has 9 heteroatoms. The number of rotatable bonds is 8. The van der Waals surface area contributed by atoms with E-state index in [1.165, 1.54) is 6.20 Å². The first kappa shape index (κ1) is 22.9. The number of nitrogens with zero attached hydrogens (tertiary/aromatic N) is 3. The van der Waals surface area contributed by atoms with Crippen molar-refractivity contribution in [2.45, 2.75) is 25.7 Å². The molecule has 1 aromatic heterocycles. The number of aliphatic imine (C=N–C) groups is 1. The summed E-state index contributed by atoms with van der Waals surface area (Å²) in [7, 11) is 1.69. The van der Waals surface area contributed by atoms with Crippen molar-refractivity contribution >= 4 is 5.96 Å². The molecule has 0 spiro atoms. The first-order valence-corrected chi connectivity index (χ1v) is 10.2. The summed E-state index contributed by atoms with van der Waals surface area (Å²) in [5.41, 5.74) is 1.68. The van der Waals surface area contributed by atoms with Crippen molar-refractivity contribution < 1.29 is 22.6 Å². The van der Waals surface area contributed by atoms with Crippen LogP contribution in [0.4, 0.5) is 13.2 Å². The summed E-state index contributed by atoms with van der Waals surface area (Å²) < 4.78 is 48.1. The number of aromatic nitrogens is 1. The van der Waals surface area contributed by atoms with E-state index < -0.39 is 12.8 Å². The second-order valence-corrected chi connectivity index (χ2v) is 7.37. The van der Waals surface area contributed by atoms with Crippen molar-refractivity contribution in [3.63, 3.8) is 0 Å². The third-order valence-corrected chi connectivity index (χ3v) is 4.92. The molecule has 0 saturated carbocycles. The molecule has 0 bridgehead atoms. The van der Waals surface area contributed by atoms with Crippen LogP contribution in [0.3, 0.4) is 0 Å². The largest absolute Gasteiger partial charge is 0.468 e. The average Bonchev–Trinajstić information content (AvgIpc) is 3.22. The van der Waals surface area contributed by atoms with Gasteiger partial charge in [0.25, 0.3) is 0 Å². The zero-order valence-electron chi connectivity index (χ0n) is 17.4.